The Kier molecular flexibility index (Phi) is 5.26. The lowest BCUT2D eigenvalue weighted by molar-refractivity contribution is 0.0526. The molecule has 1 aromatic heterocycles. The monoisotopic (exact) mass is 369 g/mol. The van der Waals surface area contributed by atoms with Crippen molar-refractivity contribution in [3.8, 4) is 22.6 Å². The van der Waals surface area contributed by atoms with Gasteiger partial charge in [0.15, 0.2) is 11.5 Å². The van der Waals surface area contributed by atoms with Crippen molar-refractivity contribution in [3.05, 3.63) is 53.5 Å². The molecule has 0 unspecified atom stereocenters. The Hall–Kier alpha value is -3.15. The maximum atomic E-state index is 13.5. The summed E-state index contributed by atoms with van der Waals surface area (Å²) in [6.45, 7) is 3.73. The number of methoxy groups -OCH3 is 2. The minimum Gasteiger partial charge on any atom is -0.493 e. The van der Waals surface area contributed by atoms with E-state index in [1.54, 1.807) is 45.2 Å². The number of aryl methyl sites for hydroxylation is 1. The molecular formula is C21H20FNO4. The number of carbonyl (C=O) groups excluding carboxylic acids is 1. The van der Waals surface area contributed by atoms with Crippen LogP contribution >= 0.6 is 0 Å². The van der Waals surface area contributed by atoms with E-state index in [0.717, 1.165) is 0 Å². The topological polar surface area (TPSA) is 57.7 Å². The number of hydrogen-bond acceptors (Lipinski definition) is 5. The molecule has 0 atom stereocenters. The minimum absolute atomic E-state index is 0.241. The first-order valence-corrected chi connectivity index (χ1v) is 8.49. The number of benzene rings is 2. The molecule has 27 heavy (non-hydrogen) atoms. The number of pyridine rings is 1. The molecule has 5 nitrogen and oxygen atoms in total. The van der Waals surface area contributed by atoms with Crippen LogP contribution in [0, 0.1) is 12.7 Å². The number of fused-ring (bicyclic) bond motifs is 1. The molecule has 3 aromatic rings. The molecule has 3 rings (SSSR count). The van der Waals surface area contributed by atoms with Gasteiger partial charge in [-0.3, -0.25) is 4.98 Å². The zero-order valence-electron chi connectivity index (χ0n) is 15.6. The predicted molar refractivity (Wildman–Crippen MR) is 101 cm³/mol. The number of carbonyl (C=O) groups is 1. The Morgan fingerprint density at radius 3 is 2.30 bits per heavy atom. The van der Waals surface area contributed by atoms with Crippen LogP contribution in [0.3, 0.4) is 0 Å². The fraction of sp³-hybridized carbons (Fsp3) is 0.238. The van der Waals surface area contributed by atoms with Gasteiger partial charge in [0, 0.05) is 17.0 Å². The van der Waals surface area contributed by atoms with Crippen molar-refractivity contribution in [2.45, 2.75) is 13.8 Å². The van der Waals surface area contributed by atoms with Gasteiger partial charge < -0.3 is 14.2 Å². The highest BCUT2D eigenvalue weighted by Crippen LogP contribution is 2.39. The van der Waals surface area contributed by atoms with E-state index in [-0.39, 0.29) is 12.4 Å². The highest BCUT2D eigenvalue weighted by atomic mass is 19.1. The van der Waals surface area contributed by atoms with Crippen molar-refractivity contribution in [2.24, 2.45) is 0 Å². The molecule has 1 heterocycles. The predicted octanol–water partition coefficient (Wildman–Crippen LogP) is 4.54. The summed E-state index contributed by atoms with van der Waals surface area (Å²) < 4.78 is 29.4. The average molecular weight is 369 g/mol. The molecule has 6 heteroatoms. The summed E-state index contributed by atoms with van der Waals surface area (Å²) in [6, 6.07) is 9.48. The third kappa shape index (κ3) is 3.43. The van der Waals surface area contributed by atoms with Gasteiger partial charge in [-0.2, -0.15) is 0 Å². The Morgan fingerprint density at radius 1 is 1.07 bits per heavy atom. The van der Waals surface area contributed by atoms with Gasteiger partial charge in [-0.15, -0.1) is 0 Å². The maximum absolute atomic E-state index is 13.5. The highest BCUT2D eigenvalue weighted by Gasteiger charge is 2.23. The van der Waals surface area contributed by atoms with Gasteiger partial charge in [-0.05, 0) is 37.6 Å². The maximum Gasteiger partial charge on any atom is 0.340 e. The lowest BCUT2D eigenvalue weighted by atomic mass is 9.94. The van der Waals surface area contributed by atoms with E-state index >= 15 is 0 Å². The second-order valence-electron chi connectivity index (χ2n) is 5.90. The van der Waals surface area contributed by atoms with Crippen LogP contribution in [0.2, 0.25) is 0 Å². The summed E-state index contributed by atoms with van der Waals surface area (Å²) in [5.41, 5.74) is 2.81. The SMILES string of the molecule is CCOC(=O)c1c(C)nc2cc(OC)c(OC)cc2c1-c1ccc(F)cc1. The van der Waals surface area contributed by atoms with Crippen molar-refractivity contribution in [1.29, 1.82) is 0 Å². The fourth-order valence-corrected chi connectivity index (χ4v) is 3.08. The molecule has 0 aliphatic rings. The average Bonchev–Trinajstić information content (AvgIpc) is 2.66. The standard InChI is InChI=1S/C21H20FNO4/c1-5-27-21(24)19-12(2)23-16-11-18(26-4)17(25-3)10-15(16)20(19)13-6-8-14(22)9-7-13/h6-11H,5H2,1-4H3. The molecule has 0 saturated heterocycles. The van der Waals surface area contributed by atoms with Crippen molar-refractivity contribution in [1.82, 2.24) is 4.98 Å². The molecule has 0 N–H and O–H groups in total. The van der Waals surface area contributed by atoms with Crippen molar-refractivity contribution in [2.75, 3.05) is 20.8 Å². The third-order valence-corrected chi connectivity index (χ3v) is 4.28. The highest BCUT2D eigenvalue weighted by molar-refractivity contribution is 6.08. The summed E-state index contributed by atoms with van der Waals surface area (Å²) in [5, 5.41) is 0.688. The van der Waals surface area contributed by atoms with Crippen molar-refractivity contribution in [3.63, 3.8) is 0 Å². The van der Waals surface area contributed by atoms with Crippen molar-refractivity contribution < 1.29 is 23.4 Å². The van der Waals surface area contributed by atoms with Crippen LogP contribution in [0.1, 0.15) is 23.0 Å². The second-order valence-corrected chi connectivity index (χ2v) is 5.90. The number of rotatable bonds is 5. The van der Waals surface area contributed by atoms with Gasteiger partial charge in [-0.25, -0.2) is 9.18 Å². The van der Waals surface area contributed by atoms with Crippen LogP contribution in [0.4, 0.5) is 4.39 Å². The number of nitrogens with zero attached hydrogens (tertiary/aromatic N) is 1. The van der Waals surface area contributed by atoms with Gasteiger partial charge in [0.1, 0.15) is 5.82 Å². The Balaban J connectivity index is 2.42. The second kappa shape index (κ2) is 7.61. The lowest BCUT2D eigenvalue weighted by Gasteiger charge is -2.17. The Morgan fingerprint density at radius 2 is 1.70 bits per heavy atom. The molecule has 0 spiro atoms. The Bertz CT molecular complexity index is 999. The molecule has 0 saturated carbocycles. The molecular weight excluding hydrogens is 349 g/mol. The molecule has 0 aliphatic heterocycles. The van der Waals surface area contributed by atoms with Crippen LogP contribution in [0.5, 0.6) is 11.5 Å². The van der Waals surface area contributed by atoms with E-state index in [1.165, 1.54) is 19.2 Å². The molecule has 0 fully saturated rings. The van der Waals surface area contributed by atoms with Gasteiger partial charge in [0.05, 0.1) is 37.6 Å². The van der Waals surface area contributed by atoms with E-state index in [2.05, 4.69) is 4.98 Å². The molecule has 140 valence electrons. The minimum atomic E-state index is -0.474. The molecule has 2 aromatic carbocycles. The van der Waals surface area contributed by atoms with E-state index in [1.807, 2.05) is 0 Å². The summed E-state index contributed by atoms with van der Waals surface area (Å²) >= 11 is 0. The first-order valence-electron chi connectivity index (χ1n) is 8.49. The van der Waals surface area contributed by atoms with Crippen molar-refractivity contribution >= 4 is 16.9 Å². The van der Waals surface area contributed by atoms with Crippen LogP contribution in [-0.2, 0) is 4.74 Å². The lowest BCUT2D eigenvalue weighted by Crippen LogP contribution is -2.11. The summed E-state index contributed by atoms with van der Waals surface area (Å²) in [5.74, 6) is 0.212. The first-order chi connectivity index (χ1) is 13.0. The normalized spacial score (nSPS) is 10.7. The van der Waals surface area contributed by atoms with Crippen LogP contribution in [0.15, 0.2) is 36.4 Å². The summed E-state index contributed by atoms with van der Waals surface area (Å²) in [7, 11) is 3.08. The number of halogens is 1. The van der Waals surface area contributed by atoms with E-state index in [4.69, 9.17) is 14.2 Å². The van der Waals surface area contributed by atoms with Crippen LogP contribution in [0.25, 0.3) is 22.0 Å². The zero-order chi connectivity index (χ0) is 19.6. The summed E-state index contributed by atoms with van der Waals surface area (Å²) in [4.78, 5) is 17.2. The molecule has 0 radical (unpaired) electrons. The van der Waals surface area contributed by atoms with Gasteiger partial charge >= 0.3 is 5.97 Å². The van der Waals surface area contributed by atoms with E-state index in [0.29, 0.717) is 44.8 Å². The number of hydrogen-bond donors (Lipinski definition) is 0. The molecule has 0 amide bonds. The summed E-state index contributed by atoms with van der Waals surface area (Å²) in [6.07, 6.45) is 0. The Labute approximate surface area is 156 Å². The van der Waals surface area contributed by atoms with Crippen LogP contribution < -0.4 is 9.47 Å². The van der Waals surface area contributed by atoms with E-state index in [9.17, 15) is 9.18 Å². The van der Waals surface area contributed by atoms with Crippen LogP contribution in [-0.4, -0.2) is 31.8 Å². The molecule has 0 bridgehead atoms. The third-order valence-electron chi connectivity index (χ3n) is 4.28. The quantitative estimate of drug-likeness (QED) is 0.618. The largest absolute Gasteiger partial charge is 0.493 e. The van der Waals surface area contributed by atoms with Gasteiger partial charge in [0.25, 0.3) is 0 Å². The van der Waals surface area contributed by atoms with E-state index < -0.39 is 5.97 Å². The smallest absolute Gasteiger partial charge is 0.340 e. The number of aromatic nitrogens is 1. The zero-order valence-corrected chi connectivity index (χ0v) is 15.6. The first kappa shape index (κ1) is 18.6. The van der Waals surface area contributed by atoms with Gasteiger partial charge in [-0.1, -0.05) is 12.1 Å². The number of esters is 1. The molecule has 0 aliphatic carbocycles. The van der Waals surface area contributed by atoms with Gasteiger partial charge in [0.2, 0.25) is 0 Å². The fourth-order valence-electron chi connectivity index (χ4n) is 3.08. The number of ether oxygens (including phenoxy) is 3.